The molecule has 0 atom stereocenters. The second-order valence-electron chi connectivity index (χ2n) is 4.96. The van der Waals surface area contributed by atoms with Crippen LogP contribution in [0.1, 0.15) is 12.5 Å². The summed E-state index contributed by atoms with van der Waals surface area (Å²) in [6, 6.07) is 11.6. The number of thiazole rings is 1. The number of rotatable bonds is 5. The summed E-state index contributed by atoms with van der Waals surface area (Å²) in [5, 5.41) is 3.22. The van der Waals surface area contributed by atoms with Gasteiger partial charge in [0.25, 0.3) is 0 Å². The molecule has 0 aliphatic rings. The third-order valence-electron chi connectivity index (χ3n) is 3.18. The van der Waals surface area contributed by atoms with E-state index in [0.717, 1.165) is 16.0 Å². The van der Waals surface area contributed by atoms with Gasteiger partial charge in [0.2, 0.25) is 5.91 Å². The van der Waals surface area contributed by atoms with Crippen LogP contribution in [-0.2, 0) is 4.79 Å². The topological polar surface area (TPSA) is 51.2 Å². The van der Waals surface area contributed by atoms with Crippen LogP contribution in [0.5, 0.6) is 5.75 Å². The van der Waals surface area contributed by atoms with Crippen molar-refractivity contribution in [2.45, 2.75) is 6.92 Å². The van der Waals surface area contributed by atoms with Crippen LogP contribution >= 0.6 is 11.3 Å². The fourth-order valence-electron chi connectivity index (χ4n) is 2.14. The number of anilines is 1. The monoisotopic (exact) mass is 342 g/mol. The summed E-state index contributed by atoms with van der Waals surface area (Å²) in [7, 11) is 0. The van der Waals surface area contributed by atoms with E-state index in [1.807, 2.05) is 25.1 Å². The van der Waals surface area contributed by atoms with Crippen LogP contribution in [0, 0.1) is 5.82 Å². The fraction of sp³-hybridized carbons (Fsp3) is 0.111. The van der Waals surface area contributed by atoms with Crippen molar-refractivity contribution in [3.63, 3.8) is 0 Å². The van der Waals surface area contributed by atoms with Gasteiger partial charge >= 0.3 is 0 Å². The third-order valence-corrected chi connectivity index (χ3v) is 4.11. The molecule has 0 fully saturated rings. The molecule has 6 heteroatoms. The van der Waals surface area contributed by atoms with E-state index in [0.29, 0.717) is 17.3 Å². The van der Waals surface area contributed by atoms with E-state index in [2.05, 4.69) is 10.3 Å². The Hall–Kier alpha value is -2.73. The van der Waals surface area contributed by atoms with Crippen LogP contribution in [0.2, 0.25) is 0 Å². The highest BCUT2D eigenvalue weighted by Crippen LogP contribution is 2.29. The Kier molecular flexibility index (Phi) is 4.86. The lowest BCUT2D eigenvalue weighted by Crippen LogP contribution is -2.07. The maximum absolute atomic E-state index is 13.1. The number of carbonyl (C=O) groups is 1. The molecule has 3 rings (SSSR count). The first-order valence-corrected chi connectivity index (χ1v) is 8.24. The van der Waals surface area contributed by atoms with Gasteiger partial charge in [-0.2, -0.15) is 0 Å². The van der Waals surface area contributed by atoms with Crippen LogP contribution < -0.4 is 10.1 Å². The summed E-state index contributed by atoms with van der Waals surface area (Å²) in [5.41, 5.74) is 1.42. The molecule has 1 N–H and O–H groups in total. The normalized spacial score (nSPS) is 11.1. The van der Waals surface area contributed by atoms with Crippen molar-refractivity contribution in [1.29, 1.82) is 0 Å². The average molecular weight is 342 g/mol. The molecule has 0 bridgehead atoms. The largest absolute Gasteiger partial charge is 0.494 e. The maximum atomic E-state index is 13.1. The lowest BCUT2D eigenvalue weighted by Gasteiger charge is -2.00. The highest BCUT2D eigenvalue weighted by atomic mass is 32.1. The molecule has 1 amide bonds. The van der Waals surface area contributed by atoms with E-state index < -0.39 is 0 Å². The number of fused-ring (bicyclic) bond motifs is 1. The van der Waals surface area contributed by atoms with Crippen LogP contribution in [0.25, 0.3) is 16.3 Å². The summed E-state index contributed by atoms with van der Waals surface area (Å²) in [6.07, 6.45) is 2.91. The molecule has 1 aromatic heterocycles. The predicted molar refractivity (Wildman–Crippen MR) is 94.9 cm³/mol. The third kappa shape index (κ3) is 3.97. The van der Waals surface area contributed by atoms with Gasteiger partial charge in [-0.1, -0.05) is 23.5 Å². The van der Waals surface area contributed by atoms with Crippen LogP contribution in [0.4, 0.5) is 9.52 Å². The van der Waals surface area contributed by atoms with Gasteiger partial charge < -0.3 is 4.74 Å². The second-order valence-corrected chi connectivity index (χ2v) is 5.99. The van der Waals surface area contributed by atoms with Crippen molar-refractivity contribution in [3.8, 4) is 5.75 Å². The van der Waals surface area contributed by atoms with Crippen molar-refractivity contribution < 1.29 is 13.9 Å². The van der Waals surface area contributed by atoms with Gasteiger partial charge in [0.15, 0.2) is 5.13 Å². The number of hydrogen-bond acceptors (Lipinski definition) is 4. The molecule has 122 valence electrons. The molecule has 2 aromatic carbocycles. The number of nitrogens with one attached hydrogen (secondary N) is 1. The Balaban J connectivity index is 1.71. The molecule has 0 saturated heterocycles. The van der Waals surface area contributed by atoms with Crippen molar-refractivity contribution in [1.82, 2.24) is 4.98 Å². The predicted octanol–water partition coefficient (Wildman–Crippen LogP) is 4.49. The van der Waals surface area contributed by atoms with Crippen molar-refractivity contribution in [2.24, 2.45) is 0 Å². The van der Waals surface area contributed by atoms with Crippen LogP contribution in [0.15, 0.2) is 48.5 Å². The Morgan fingerprint density at radius 3 is 3.00 bits per heavy atom. The van der Waals surface area contributed by atoms with E-state index in [-0.39, 0.29) is 11.7 Å². The van der Waals surface area contributed by atoms with Crippen molar-refractivity contribution >= 4 is 38.7 Å². The van der Waals surface area contributed by atoms with Gasteiger partial charge in [0.1, 0.15) is 11.6 Å². The first-order valence-electron chi connectivity index (χ1n) is 7.42. The Morgan fingerprint density at radius 1 is 1.33 bits per heavy atom. The molecule has 0 spiro atoms. The molecule has 0 aliphatic heterocycles. The average Bonchev–Trinajstić information content (AvgIpc) is 2.95. The maximum Gasteiger partial charge on any atom is 0.250 e. The highest BCUT2D eigenvalue weighted by Gasteiger charge is 2.07. The Morgan fingerprint density at radius 2 is 2.21 bits per heavy atom. The molecule has 3 aromatic rings. The van der Waals surface area contributed by atoms with E-state index >= 15 is 0 Å². The molecule has 1 heterocycles. The molecule has 0 saturated carbocycles. The molecular formula is C18H15FN2O2S. The quantitative estimate of drug-likeness (QED) is 0.695. The summed E-state index contributed by atoms with van der Waals surface area (Å²) in [4.78, 5) is 16.3. The van der Waals surface area contributed by atoms with E-state index in [1.165, 1.54) is 29.5 Å². The lowest BCUT2D eigenvalue weighted by atomic mass is 10.2. The number of nitrogens with zero attached hydrogens (tertiary/aromatic N) is 1. The summed E-state index contributed by atoms with van der Waals surface area (Å²) < 4.78 is 19.5. The molecule has 4 nitrogen and oxygen atoms in total. The fourth-order valence-corrected chi connectivity index (χ4v) is 3.04. The van der Waals surface area contributed by atoms with E-state index in [4.69, 9.17) is 4.74 Å². The van der Waals surface area contributed by atoms with E-state index in [9.17, 15) is 9.18 Å². The standard InChI is InChI=1S/C18H15FN2O2S/c1-2-23-14-7-8-15-16(11-14)24-18(20-15)21-17(22)9-6-12-4-3-5-13(19)10-12/h3-11H,2H2,1H3,(H,20,21,22). The zero-order chi connectivity index (χ0) is 16.9. The number of benzene rings is 2. The zero-order valence-electron chi connectivity index (χ0n) is 13.0. The second kappa shape index (κ2) is 7.23. The summed E-state index contributed by atoms with van der Waals surface area (Å²) in [5.74, 6) is 0.120. The number of aromatic nitrogens is 1. The first kappa shape index (κ1) is 16.1. The minimum atomic E-state index is -0.339. The number of amides is 1. The Labute approximate surface area is 142 Å². The van der Waals surface area contributed by atoms with Gasteiger partial charge in [-0.05, 0) is 48.9 Å². The first-order chi connectivity index (χ1) is 11.6. The van der Waals surface area contributed by atoms with E-state index in [1.54, 1.807) is 18.2 Å². The minimum absolute atomic E-state index is 0.316. The zero-order valence-corrected chi connectivity index (χ0v) is 13.8. The number of ether oxygens (including phenoxy) is 1. The van der Waals surface area contributed by atoms with Crippen molar-refractivity contribution in [3.05, 3.63) is 59.9 Å². The van der Waals surface area contributed by atoms with Gasteiger partial charge in [-0.15, -0.1) is 0 Å². The van der Waals surface area contributed by atoms with Gasteiger partial charge in [-0.3, -0.25) is 10.1 Å². The SMILES string of the molecule is CCOc1ccc2nc(NC(=O)C=Cc3cccc(F)c3)sc2c1. The van der Waals surface area contributed by atoms with Crippen LogP contribution in [-0.4, -0.2) is 17.5 Å². The molecular weight excluding hydrogens is 327 g/mol. The number of halogens is 1. The summed E-state index contributed by atoms with van der Waals surface area (Å²) >= 11 is 1.37. The molecule has 24 heavy (non-hydrogen) atoms. The molecule has 0 unspecified atom stereocenters. The smallest absolute Gasteiger partial charge is 0.250 e. The number of hydrogen-bond donors (Lipinski definition) is 1. The molecule has 0 radical (unpaired) electrons. The minimum Gasteiger partial charge on any atom is -0.494 e. The molecule has 0 aliphatic carbocycles. The Bertz CT molecular complexity index is 905. The van der Waals surface area contributed by atoms with Gasteiger partial charge in [-0.25, -0.2) is 9.37 Å². The van der Waals surface area contributed by atoms with Crippen molar-refractivity contribution in [2.75, 3.05) is 11.9 Å². The van der Waals surface area contributed by atoms with Crippen LogP contribution in [0.3, 0.4) is 0 Å². The summed E-state index contributed by atoms with van der Waals surface area (Å²) in [6.45, 7) is 2.52. The van der Waals surface area contributed by atoms with Gasteiger partial charge in [0, 0.05) is 6.08 Å². The number of carbonyl (C=O) groups excluding carboxylic acids is 1. The van der Waals surface area contributed by atoms with Gasteiger partial charge in [0.05, 0.1) is 16.8 Å². The highest BCUT2D eigenvalue weighted by molar-refractivity contribution is 7.22. The lowest BCUT2D eigenvalue weighted by molar-refractivity contribution is -0.111.